The lowest BCUT2D eigenvalue weighted by atomic mass is 9.87. The van der Waals surface area contributed by atoms with Crippen LogP contribution in [0.3, 0.4) is 0 Å². The zero-order valence-electron chi connectivity index (χ0n) is 23.5. The molecule has 40 heavy (non-hydrogen) atoms. The minimum Gasteiger partial charge on any atom is -0.481 e. The van der Waals surface area contributed by atoms with Crippen LogP contribution in [0.4, 0.5) is 5.69 Å². The van der Waals surface area contributed by atoms with Gasteiger partial charge in [0.15, 0.2) is 0 Å². The molecule has 5 atom stereocenters. The fourth-order valence-corrected chi connectivity index (χ4v) is 7.22. The van der Waals surface area contributed by atoms with Gasteiger partial charge >= 0.3 is 11.8 Å². The third-order valence-electron chi connectivity index (χ3n) is 8.16. The molecule has 2 amide bonds. The number of anilines is 1. The first-order valence-corrected chi connectivity index (χ1v) is 14.6. The van der Waals surface area contributed by atoms with Crippen LogP contribution in [0.15, 0.2) is 30.5 Å². The summed E-state index contributed by atoms with van der Waals surface area (Å²) in [5.74, 6) is 0.0570. The van der Waals surface area contributed by atoms with Crippen molar-refractivity contribution in [2.45, 2.75) is 51.3 Å². The predicted molar refractivity (Wildman–Crippen MR) is 155 cm³/mol. The fraction of sp³-hybridized carbons (Fsp3) is 0.517. The van der Waals surface area contributed by atoms with E-state index in [-0.39, 0.29) is 29.1 Å². The molecule has 4 N–H and O–H groups in total. The third-order valence-corrected chi connectivity index (χ3v) is 9.33. The zero-order chi connectivity index (χ0) is 28.6. The lowest BCUT2D eigenvalue weighted by Crippen LogP contribution is -2.46. The van der Waals surface area contributed by atoms with Crippen LogP contribution in [0, 0.1) is 11.8 Å². The van der Waals surface area contributed by atoms with E-state index in [1.807, 2.05) is 0 Å². The van der Waals surface area contributed by atoms with Crippen LogP contribution in [-0.4, -0.2) is 70.5 Å². The largest absolute Gasteiger partial charge is 0.481 e. The summed E-state index contributed by atoms with van der Waals surface area (Å²) >= 11 is 1.77. The lowest BCUT2D eigenvalue weighted by Gasteiger charge is -2.38. The number of thiazole rings is 1. The number of carbonyl (C=O) groups excluding carboxylic acids is 2. The second kappa shape index (κ2) is 11.8. The summed E-state index contributed by atoms with van der Waals surface area (Å²) in [6.07, 6.45) is 2.86. The molecular weight excluding hydrogens is 528 g/mol. The molecule has 0 radical (unpaired) electrons. The van der Waals surface area contributed by atoms with E-state index in [2.05, 4.69) is 54.3 Å². The quantitative estimate of drug-likeness (QED) is 0.315. The number of nitrogens with two attached hydrogens (primary N) is 1. The van der Waals surface area contributed by atoms with Crippen LogP contribution < -0.4 is 15.8 Å². The average molecular weight is 567 g/mol. The molecule has 214 valence electrons. The van der Waals surface area contributed by atoms with Crippen LogP contribution in [0.25, 0.3) is 10.2 Å². The van der Waals surface area contributed by atoms with Crippen molar-refractivity contribution < 1.29 is 19.4 Å². The minimum absolute atomic E-state index is 0.148. The SMILES string of the molecule is COc1ncc(NC(=O)C(=O)N2C[C@@H](C)CC[C@@H]2c2ccc3sc([C@H]4CCN(C)C[C@@H]4C)nc3c2)cc1C(N)O. The number of likely N-dealkylation sites (tertiary alicyclic amines) is 2. The number of aliphatic hydroxyl groups excluding tert-OH is 1. The lowest BCUT2D eigenvalue weighted by molar-refractivity contribution is -0.146. The van der Waals surface area contributed by atoms with Gasteiger partial charge in [0.05, 0.1) is 45.8 Å². The number of benzene rings is 1. The average Bonchev–Trinajstić information content (AvgIpc) is 3.35. The Morgan fingerprint density at radius 3 is 2.73 bits per heavy atom. The Bertz CT molecular complexity index is 1390. The number of hydrogen-bond acceptors (Lipinski definition) is 9. The van der Waals surface area contributed by atoms with Crippen LogP contribution in [0.1, 0.15) is 67.4 Å². The van der Waals surface area contributed by atoms with E-state index < -0.39 is 18.0 Å². The van der Waals surface area contributed by atoms with E-state index in [0.29, 0.717) is 18.4 Å². The number of rotatable bonds is 5. The van der Waals surface area contributed by atoms with Crippen molar-refractivity contribution in [2.75, 3.05) is 39.1 Å². The number of aromatic nitrogens is 2. The summed E-state index contributed by atoms with van der Waals surface area (Å²) in [5.41, 5.74) is 8.01. The summed E-state index contributed by atoms with van der Waals surface area (Å²) in [4.78, 5) is 39.8. The van der Waals surface area contributed by atoms with Gasteiger partial charge in [0.2, 0.25) is 5.88 Å². The second-order valence-electron chi connectivity index (χ2n) is 11.3. The number of piperidine rings is 2. The molecule has 0 bridgehead atoms. The first-order valence-electron chi connectivity index (χ1n) is 13.8. The summed E-state index contributed by atoms with van der Waals surface area (Å²) in [7, 11) is 3.58. The van der Waals surface area contributed by atoms with Gasteiger partial charge < -0.3 is 30.7 Å². The Balaban J connectivity index is 1.36. The number of methoxy groups -OCH3 is 1. The minimum atomic E-state index is -1.34. The Morgan fingerprint density at radius 2 is 2.00 bits per heavy atom. The van der Waals surface area contributed by atoms with Crippen molar-refractivity contribution in [3.8, 4) is 5.88 Å². The number of nitrogens with zero attached hydrogens (tertiary/aromatic N) is 4. The molecule has 2 fully saturated rings. The highest BCUT2D eigenvalue weighted by Crippen LogP contribution is 2.39. The van der Waals surface area contributed by atoms with Gasteiger partial charge in [-0.3, -0.25) is 9.59 Å². The van der Waals surface area contributed by atoms with Gasteiger partial charge in [-0.15, -0.1) is 11.3 Å². The van der Waals surface area contributed by atoms with Crippen molar-refractivity contribution >= 4 is 39.1 Å². The molecule has 0 saturated carbocycles. The van der Waals surface area contributed by atoms with Gasteiger partial charge in [-0.1, -0.05) is 19.9 Å². The number of ether oxygens (including phenoxy) is 1. The molecule has 5 rings (SSSR count). The van der Waals surface area contributed by atoms with Crippen LogP contribution in [-0.2, 0) is 9.59 Å². The molecule has 2 saturated heterocycles. The van der Waals surface area contributed by atoms with E-state index in [4.69, 9.17) is 15.5 Å². The summed E-state index contributed by atoms with van der Waals surface area (Å²) < 4.78 is 6.26. The Hall–Kier alpha value is -3.12. The molecule has 2 aliphatic rings. The standard InChI is InChI=1S/C29H38N6O4S/c1-16-5-7-23(18-6-8-24-22(11-18)33-28(40-24)20-9-10-34(3)15-17(20)2)35(14-16)29(38)26(37)32-19-12-21(25(30)36)27(39-4)31-13-19/h6,8,11-13,16-17,20,23,25,36H,5,7,9-10,14-15,30H2,1-4H3,(H,32,37)/t16-,17-,20-,23+,25?/m0/s1. The molecule has 1 aromatic carbocycles. The molecule has 0 aliphatic carbocycles. The van der Waals surface area contributed by atoms with E-state index in [0.717, 1.165) is 48.1 Å². The topological polar surface area (TPSA) is 134 Å². The number of pyridine rings is 1. The predicted octanol–water partition coefficient (Wildman–Crippen LogP) is 3.64. The van der Waals surface area contributed by atoms with Crippen molar-refractivity contribution in [3.63, 3.8) is 0 Å². The number of amides is 2. The molecule has 1 unspecified atom stereocenters. The molecule has 10 nitrogen and oxygen atoms in total. The molecule has 2 aliphatic heterocycles. The summed E-state index contributed by atoms with van der Waals surface area (Å²) in [6, 6.07) is 7.51. The van der Waals surface area contributed by atoms with Crippen molar-refractivity contribution in [1.82, 2.24) is 19.8 Å². The van der Waals surface area contributed by atoms with E-state index in [1.54, 1.807) is 16.2 Å². The van der Waals surface area contributed by atoms with Gasteiger partial charge in [-0.05, 0) is 68.5 Å². The van der Waals surface area contributed by atoms with E-state index in [9.17, 15) is 14.7 Å². The van der Waals surface area contributed by atoms with Gasteiger partial charge in [0.1, 0.15) is 6.23 Å². The maximum Gasteiger partial charge on any atom is 0.313 e. The number of fused-ring (bicyclic) bond motifs is 1. The molecule has 11 heteroatoms. The second-order valence-corrected chi connectivity index (χ2v) is 12.4. The zero-order valence-corrected chi connectivity index (χ0v) is 24.3. The maximum absolute atomic E-state index is 13.5. The summed E-state index contributed by atoms with van der Waals surface area (Å²) in [6.45, 7) is 7.03. The smallest absolute Gasteiger partial charge is 0.313 e. The Labute approximate surface area is 238 Å². The van der Waals surface area contributed by atoms with Crippen LogP contribution in [0.5, 0.6) is 5.88 Å². The van der Waals surface area contributed by atoms with Crippen LogP contribution >= 0.6 is 11.3 Å². The highest BCUT2D eigenvalue weighted by Gasteiger charge is 2.35. The number of hydrogen-bond donors (Lipinski definition) is 3. The summed E-state index contributed by atoms with van der Waals surface area (Å²) in [5, 5.41) is 13.6. The van der Waals surface area contributed by atoms with Crippen molar-refractivity contribution in [2.24, 2.45) is 17.6 Å². The molecule has 3 aromatic rings. The highest BCUT2D eigenvalue weighted by molar-refractivity contribution is 7.18. The van der Waals surface area contributed by atoms with Gasteiger partial charge in [-0.2, -0.15) is 0 Å². The Kier molecular flexibility index (Phi) is 8.37. The number of carbonyl (C=O) groups is 2. The fourth-order valence-electron chi connectivity index (χ4n) is 6.01. The van der Waals surface area contributed by atoms with Crippen molar-refractivity contribution in [3.05, 3.63) is 46.6 Å². The normalized spacial score (nSPS) is 24.6. The van der Waals surface area contributed by atoms with E-state index >= 15 is 0 Å². The highest BCUT2D eigenvalue weighted by atomic mass is 32.1. The third kappa shape index (κ3) is 5.83. The monoisotopic (exact) mass is 566 g/mol. The molecule has 2 aromatic heterocycles. The van der Waals surface area contributed by atoms with Crippen LogP contribution in [0.2, 0.25) is 0 Å². The van der Waals surface area contributed by atoms with Gasteiger partial charge in [0.25, 0.3) is 0 Å². The van der Waals surface area contributed by atoms with E-state index in [1.165, 1.54) is 24.4 Å². The molecular formula is C29H38N6O4S. The first kappa shape index (κ1) is 28.4. The molecule has 0 spiro atoms. The van der Waals surface area contributed by atoms with Crippen molar-refractivity contribution in [1.29, 1.82) is 0 Å². The van der Waals surface area contributed by atoms with Gasteiger partial charge in [-0.25, -0.2) is 9.97 Å². The first-order chi connectivity index (χ1) is 19.1. The Morgan fingerprint density at radius 1 is 1.20 bits per heavy atom. The molecule has 4 heterocycles. The number of aliphatic hydroxyl groups is 1. The maximum atomic E-state index is 13.5. The number of nitrogens with one attached hydrogen (secondary N) is 1. The van der Waals surface area contributed by atoms with Gasteiger partial charge in [0, 0.05) is 19.0 Å².